The first-order chi connectivity index (χ1) is 19.0. The fourth-order valence-corrected chi connectivity index (χ4v) is 6.03. The number of aliphatic hydroxyl groups excluding tert-OH is 1. The van der Waals surface area contributed by atoms with E-state index in [0.717, 1.165) is 46.9 Å². The molecular weight excluding hydrogens is 508 g/mol. The highest BCUT2D eigenvalue weighted by Gasteiger charge is 2.25. The molecule has 0 radical (unpaired) electrons. The number of hydrogen-bond acceptors (Lipinski definition) is 6. The summed E-state index contributed by atoms with van der Waals surface area (Å²) in [6, 6.07) is 21.0. The molecule has 1 aliphatic rings. The Labute approximate surface area is 234 Å². The van der Waals surface area contributed by atoms with Gasteiger partial charge >= 0.3 is 0 Å². The summed E-state index contributed by atoms with van der Waals surface area (Å²) in [6.07, 6.45) is 2.93. The van der Waals surface area contributed by atoms with Crippen LogP contribution in [0.1, 0.15) is 28.4 Å². The van der Waals surface area contributed by atoms with Crippen molar-refractivity contribution in [1.82, 2.24) is 9.88 Å². The van der Waals surface area contributed by atoms with Gasteiger partial charge in [0, 0.05) is 48.7 Å². The van der Waals surface area contributed by atoms with Gasteiger partial charge in [-0.3, -0.25) is 4.79 Å². The second-order valence-corrected chi connectivity index (χ2v) is 11.1. The quantitative estimate of drug-likeness (QED) is 0.241. The Balaban J connectivity index is 1.40. The molecule has 0 saturated carbocycles. The molecule has 3 aromatic carbocycles. The molecule has 0 aliphatic carbocycles. The Hall–Kier alpha value is -3.62. The van der Waals surface area contributed by atoms with Gasteiger partial charge in [0.2, 0.25) is 0 Å². The number of nitrogens with one attached hydrogen (secondary N) is 2. The maximum absolute atomic E-state index is 13.7. The van der Waals surface area contributed by atoms with Gasteiger partial charge in [0.25, 0.3) is 5.91 Å². The number of rotatable bonds is 10. The van der Waals surface area contributed by atoms with E-state index in [9.17, 15) is 9.90 Å². The summed E-state index contributed by atoms with van der Waals surface area (Å²) < 4.78 is 9.63. The van der Waals surface area contributed by atoms with E-state index in [1.54, 1.807) is 19.1 Å². The predicted octanol–water partition coefficient (Wildman–Crippen LogP) is 5.12. The molecule has 4 aromatic rings. The maximum atomic E-state index is 13.7. The Morgan fingerprint density at radius 1 is 1.13 bits per heavy atom. The number of methoxy groups -OCH3 is 1. The van der Waals surface area contributed by atoms with Crippen molar-refractivity contribution in [3.8, 4) is 5.75 Å². The van der Waals surface area contributed by atoms with Crippen LogP contribution in [0.4, 0.5) is 11.4 Å². The monoisotopic (exact) mass is 544 g/mol. The summed E-state index contributed by atoms with van der Waals surface area (Å²) >= 11 is 1.77. The van der Waals surface area contributed by atoms with Crippen LogP contribution in [0.25, 0.3) is 10.9 Å². The predicted molar refractivity (Wildman–Crippen MR) is 161 cm³/mol. The molecule has 2 atom stereocenters. The molecule has 5 rings (SSSR count). The molecular formula is C31H36N4O3S. The first-order valence-corrected chi connectivity index (χ1v) is 14.3. The summed E-state index contributed by atoms with van der Waals surface area (Å²) in [6.45, 7) is 3.25. The number of amides is 1. The standard InChI is InChI=1S/C31H36N4O3S/c1-4-35-20-22-14-15-39-34(2)27-17-23(18-28(35)30(22)27)31(37)33-26(16-21-8-6-5-7-9-21)29(36)19-32-24-10-12-25(38-3)13-11-24/h5-13,17-18,20,26,29,32,36H,4,14-16,19H2,1-3H3,(H,33,37)/t26-,29+/m0/s1. The van der Waals surface area contributed by atoms with Gasteiger partial charge in [0.1, 0.15) is 5.75 Å². The summed E-state index contributed by atoms with van der Waals surface area (Å²) in [7, 11) is 3.69. The van der Waals surface area contributed by atoms with Crippen LogP contribution in [-0.2, 0) is 19.4 Å². The number of aromatic nitrogens is 1. The van der Waals surface area contributed by atoms with Crippen molar-refractivity contribution < 1.29 is 14.6 Å². The Morgan fingerprint density at radius 2 is 1.90 bits per heavy atom. The van der Waals surface area contributed by atoms with Gasteiger partial charge in [0.15, 0.2) is 0 Å². The van der Waals surface area contributed by atoms with E-state index in [1.165, 1.54) is 10.9 Å². The number of carbonyl (C=O) groups excluding carboxylic acids is 1. The molecule has 0 fully saturated rings. The lowest BCUT2D eigenvalue weighted by Gasteiger charge is -2.26. The van der Waals surface area contributed by atoms with Crippen LogP contribution in [0.3, 0.4) is 0 Å². The Bertz CT molecular complexity index is 1420. The fourth-order valence-electron chi connectivity index (χ4n) is 5.16. The molecule has 0 saturated heterocycles. The highest BCUT2D eigenvalue weighted by molar-refractivity contribution is 8.00. The number of ether oxygens (including phenoxy) is 1. The third kappa shape index (κ3) is 6.02. The van der Waals surface area contributed by atoms with Crippen molar-refractivity contribution in [1.29, 1.82) is 0 Å². The van der Waals surface area contributed by atoms with Crippen molar-refractivity contribution in [3.05, 3.63) is 89.6 Å². The molecule has 3 N–H and O–H groups in total. The minimum absolute atomic E-state index is 0.189. The lowest BCUT2D eigenvalue weighted by Crippen LogP contribution is -2.47. The van der Waals surface area contributed by atoms with Crippen molar-refractivity contribution in [3.63, 3.8) is 0 Å². The first kappa shape index (κ1) is 27.0. The largest absolute Gasteiger partial charge is 0.497 e. The van der Waals surface area contributed by atoms with E-state index in [-0.39, 0.29) is 12.5 Å². The molecule has 8 heteroatoms. The van der Waals surface area contributed by atoms with Crippen LogP contribution in [0.5, 0.6) is 5.75 Å². The van der Waals surface area contributed by atoms with Gasteiger partial charge in [-0.2, -0.15) is 0 Å². The summed E-state index contributed by atoms with van der Waals surface area (Å²) in [5, 5.41) is 18.9. The molecule has 204 valence electrons. The summed E-state index contributed by atoms with van der Waals surface area (Å²) in [5.74, 6) is 1.58. The average Bonchev–Trinajstić information content (AvgIpc) is 3.24. The third-order valence-corrected chi connectivity index (χ3v) is 8.29. The van der Waals surface area contributed by atoms with Crippen molar-refractivity contribution >= 4 is 40.1 Å². The fraction of sp³-hybridized carbons (Fsp3) is 0.323. The van der Waals surface area contributed by atoms with Gasteiger partial charge in [-0.05, 0) is 79.2 Å². The number of anilines is 2. The van der Waals surface area contributed by atoms with Gasteiger partial charge in [-0.15, -0.1) is 0 Å². The minimum atomic E-state index is -0.814. The van der Waals surface area contributed by atoms with E-state index < -0.39 is 12.1 Å². The SMILES string of the molecule is CCn1cc2c3c(cc(C(=O)N[C@@H](Cc4ccccc4)[C@H](O)CNc4ccc(OC)cc4)cc31)N(C)SCC2. The van der Waals surface area contributed by atoms with Crippen LogP contribution < -0.4 is 19.7 Å². The Morgan fingerprint density at radius 3 is 2.62 bits per heavy atom. The highest BCUT2D eigenvalue weighted by Crippen LogP contribution is 2.38. The number of nitrogens with zero attached hydrogens (tertiary/aromatic N) is 2. The van der Waals surface area contributed by atoms with E-state index in [2.05, 4.69) is 39.7 Å². The number of hydrogen-bond donors (Lipinski definition) is 3. The highest BCUT2D eigenvalue weighted by atomic mass is 32.2. The van der Waals surface area contributed by atoms with Crippen molar-refractivity contribution in [2.24, 2.45) is 0 Å². The third-order valence-electron chi connectivity index (χ3n) is 7.32. The van der Waals surface area contributed by atoms with Gasteiger partial charge < -0.3 is 29.3 Å². The van der Waals surface area contributed by atoms with Crippen LogP contribution in [0.2, 0.25) is 0 Å². The van der Waals surface area contributed by atoms with Gasteiger partial charge in [0.05, 0.1) is 30.5 Å². The zero-order valence-corrected chi connectivity index (χ0v) is 23.5. The molecule has 1 amide bonds. The van der Waals surface area contributed by atoms with Gasteiger partial charge in [-0.1, -0.05) is 30.3 Å². The number of aryl methyl sites for hydroxylation is 2. The lowest BCUT2D eigenvalue weighted by atomic mass is 9.99. The van der Waals surface area contributed by atoms with Crippen LogP contribution in [0, 0.1) is 0 Å². The molecule has 39 heavy (non-hydrogen) atoms. The number of carbonyl (C=O) groups is 1. The molecule has 7 nitrogen and oxygen atoms in total. The first-order valence-electron chi connectivity index (χ1n) is 13.4. The lowest BCUT2D eigenvalue weighted by molar-refractivity contribution is 0.0851. The Kier molecular flexibility index (Phi) is 8.33. The molecule has 1 aromatic heterocycles. The summed E-state index contributed by atoms with van der Waals surface area (Å²) in [4.78, 5) is 13.7. The molecule has 1 aliphatic heterocycles. The molecule has 0 bridgehead atoms. The van der Waals surface area contributed by atoms with E-state index >= 15 is 0 Å². The topological polar surface area (TPSA) is 78.8 Å². The van der Waals surface area contributed by atoms with Crippen molar-refractivity contribution in [2.45, 2.75) is 38.5 Å². The van der Waals surface area contributed by atoms with Gasteiger partial charge in [-0.25, -0.2) is 0 Å². The smallest absolute Gasteiger partial charge is 0.251 e. The average molecular weight is 545 g/mol. The molecule has 0 unspecified atom stereocenters. The van der Waals surface area contributed by atoms with E-state index in [1.807, 2.05) is 66.7 Å². The second-order valence-electron chi connectivity index (χ2n) is 9.86. The van der Waals surface area contributed by atoms with Crippen molar-refractivity contribution in [2.75, 3.05) is 36.1 Å². The molecule has 0 spiro atoms. The van der Waals surface area contributed by atoms with Crippen LogP contribution in [-0.4, -0.2) is 54.2 Å². The van der Waals surface area contributed by atoms with Crippen LogP contribution >= 0.6 is 11.9 Å². The van der Waals surface area contributed by atoms with E-state index in [0.29, 0.717) is 12.0 Å². The molecule has 2 heterocycles. The zero-order valence-electron chi connectivity index (χ0n) is 22.7. The van der Waals surface area contributed by atoms with E-state index in [4.69, 9.17) is 4.74 Å². The second kappa shape index (κ2) is 12.1. The minimum Gasteiger partial charge on any atom is -0.497 e. The zero-order chi connectivity index (χ0) is 27.4. The van der Waals surface area contributed by atoms with Crippen LogP contribution in [0.15, 0.2) is 72.9 Å². The number of benzene rings is 3. The number of aliphatic hydroxyl groups is 1. The normalized spacial score (nSPS) is 14.5. The maximum Gasteiger partial charge on any atom is 0.251 e. The summed E-state index contributed by atoms with van der Waals surface area (Å²) in [5.41, 5.74) is 5.98.